The van der Waals surface area contributed by atoms with Crippen LogP contribution in [0.5, 0.6) is 0 Å². The van der Waals surface area contributed by atoms with E-state index in [1.54, 1.807) is 12.3 Å². The third-order valence-corrected chi connectivity index (χ3v) is 4.27. The van der Waals surface area contributed by atoms with E-state index in [1.165, 1.54) is 25.5 Å². The van der Waals surface area contributed by atoms with Crippen LogP contribution in [0.3, 0.4) is 0 Å². The highest BCUT2D eigenvalue weighted by Gasteiger charge is 2.20. The number of hydrogen-bond donors (Lipinski definition) is 2. The molecule has 0 spiro atoms. The van der Waals surface area contributed by atoms with Crippen LogP contribution in [0.1, 0.15) is 32.1 Å². The number of furan rings is 1. The van der Waals surface area contributed by atoms with Gasteiger partial charge in [-0.05, 0) is 12.8 Å². The predicted octanol–water partition coefficient (Wildman–Crippen LogP) is 3.15. The van der Waals surface area contributed by atoms with Crippen LogP contribution < -0.4 is 5.32 Å². The van der Waals surface area contributed by atoms with Gasteiger partial charge in [-0.2, -0.15) is 0 Å². The van der Waals surface area contributed by atoms with Crippen molar-refractivity contribution in [1.82, 2.24) is 4.98 Å². The first kappa shape index (κ1) is 12.6. The van der Waals surface area contributed by atoms with Crippen LogP contribution in [0, 0.1) is 0 Å². The molecule has 1 unspecified atom stereocenters. The van der Waals surface area contributed by atoms with Crippen LogP contribution >= 0.6 is 0 Å². The normalized spacial score (nSPS) is 18.6. The third kappa shape index (κ3) is 2.50. The van der Waals surface area contributed by atoms with Crippen molar-refractivity contribution in [3.05, 3.63) is 18.5 Å². The van der Waals surface area contributed by atoms with Crippen LogP contribution in [0.4, 0.5) is 5.69 Å². The van der Waals surface area contributed by atoms with Crippen LogP contribution in [-0.2, 0) is 11.1 Å². The number of nitrogens with zero attached hydrogens (tertiary/aromatic N) is 1. The van der Waals surface area contributed by atoms with Crippen molar-refractivity contribution < 1.29 is 13.2 Å². The molecule has 2 heterocycles. The first-order valence-electron chi connectivity index (χ1n) is 6.49. The van der Waals surface area contributed by atoms with Crippen molar-refractivity contribution in [2.75, 3.05) is 5.32 Å². The fourth-order valence-corrected chi connectivity index (χ4v) is 3.09. The van der Waals surface area contributed by atoms with E-state index in [1.807, 2.05) is 0 Å². The second-order valence-corrected chi connectivity index (χ2v) is 5.80. The topological polar surface area (TPSA) is 75.4 Å². The van der Waals surface area contributed by atoms with Crippen LogP contribution in [0.25, 0.3) is 11.1 Å². The van der Waals surface area contributed by atoms with E-state index < -0.39 is 11.1 Å². The summed E-state index contributed by atoms with van der Waals surface area (Å²) < 4.78 is 26.2. The van der Waals surface area contributed by atoms with Gasteiger partial charge in [0.1, 0.15) is 16.1 Å². The first-order chi connectivity index (χ1) is 9.25. The Morgan fingerprint density at radius 1 is 1.37 bits per heavy atom. The molecule has 5 nitrogen and oxygen atoms in total. The van der Waals surface area contributed by atoms with Gasteiger partial charge in [-0.25, -0.2) is 4.21 Å². The van der Waals surface area contributed by atoms with E-state index >= 15 is 0 Å². The lowest BCUT2D eigenvalue weighted by molar-refractivity contribution is 0.461. The van der Waals surface area contributed by atoms with Crippen molar-refractivity contribution in [2.45, 2.75) is 43.0 Å². The van der Waals surface area contributed by atoms with Crippen LogP contribution in [0.2, 0.25) is 0 Å². The molecule has 2 aromatic heterocycles. The number of fused-ring (bicyclic) bond motifs is 1. The van der Waals surface area contributed by atoms with E-state index in [0.29, 0.717) is 22.8 Å². The van der Waals surface area contributed by atoms with Gasteiger partial charge in [0.05, 0.1) is 6.26 Å². The number of nitrogens with one attached hydrogen (secondary N) is 1. The molecule has 0 radical (unpaired) electrons. The van der Waals surface area contributed by atoms with Crippen molar-refractivity contribution in [3.8, 4) is 0 Å². The molecular weight excluding hydrogens is 264 g/mol. The molecule has 1 saturated carbocycles. The second-order valence-electron chi connectivity index (χ2n) is 4.86. The zero-order valence-corrected chi connectivity index (χ0v) is 11.3. The molecule has 0 amide bonds. The molecule has 0 aliphatic heterocycles. The zero-order valence-electron chi connectivity index (χ0n) is 10.5. The van der Waals surface area contributed by atoms with Gasteiger partial charge in [-0.3, -0.25) is 4.98 Å². The van der Waals surface area contributed by atoms with Gasteiger partial charge in [0.15, 0.2) is 16.7 Å². The minimum absolute atomic E-state index is 0.285. The highest BCUT2D eigenvalue weighted by atomic mass is 32.2. The number of aromatic nitrogens is 1. The summed E-state index contributed by atoms with van der Waals surface area (Å²) in [6, 6.07) is 2.09. The molecule has 102 valence electrons. The summed E-state index contributed by atoms with van der Waals surface area (Å²) in [6.45, 7) is 0. The van der Waals surface area contributed by atoms with Crippen molar-refractivity contribution >= 4 is 27.9 Å². The largest absolute Gasteiger partial charge is 0.460 e. The Bertz CT molecular complexity index is 605. The first-order valence-corrected chi connectivity index (χ1v) is 7.60. The fraction of sp³-hybridized carbons (Fsp3) is 0.462. The highest BCUT2D eigenvalue weighted by Crippen LogP contribution is 2.31. The molecule has 19 heavy (non-hydrogen) atoms. The molecular formula is C13H16N2O3S. The molecule has 1 aliphatic rings. The number of hydrogen-bond acceptors (Lipinski definition) is 4. The van der Waals surface area contributed by atoms with Crippen molar-refractivity contribution in [1.29, 1.82) is 0 Å². The standard InChI is InChI=1S/C13H16N2O3S/c16-19(17)11-8-14-10-6-7-18-13(10)12(11)15-9-4-2-1-3-5-9/h6-9H,1-5H2,(H,14,15)(H,16,17). The predicted molar refractivity (Wildman–Crippen MR) is 73.5 cm³/mol. The van der Waals surface area contributed by atoms with Crippen molar-refractivity contribution in [3.63, 3.8) is 0 Å². The Morgan fingerprint density at radius 3 is 2.89 bits per heavy atom. The number of pyridine rings is 1. The average Bonchev–Trinajstić information content (AvgIpc) is 2.88. The molecule has 3 rings (SSSR count). The lowest BCUT2D eigenvalue weighted by Crippen LogP contribution is -2.23. The van der Waals surface area contributed by atoms with Gasteiger partial charge < -0.3 is 14.3 Å². The van der Waals surface area contributed by atoms with E-state index in [0.717, 1.165) is 12.8 Å². The van der Waals surface area contributed by atoms with Gasteiger partial charge in [0, 0.05) is 18.3 Å². The van der Waals surface area contributed by atoms with Crippen LogP contribution in [-0.4, -0.2) is 19.8 Å². The maximum absolute atomic E-state index is 11.4. The second kappa shape index (κ2) is 5.30. The summed E-state index contributed by atoms with van der Waals surface area (Å²) in [5.41, 5.74) is 1.88. The summed E-state index contributed by atoms with van der Waals surface area (Å²) in [7, 11) is 0. The lowest BCUT2D eigenvalue weighted by Gasteiger charge is -2.24. The molecule has 0 aromatic carbocycles. The molecule has 1 fully saturated rings. The maximum Gasteiger partial charge on any atom is 0.190 e. The molecule has 2 N–H and O–H groups in total. The van der Waals surface area contributed by atoms with Gasteiger partial charge in [-0.15, -0.1) is 0 Å². The average molecular weight is 280 g/mol. The highest BCUT2D eigenvalue weighted by molar-refractivity contribution is 7.79. The van der Waals surface area contributed by atoms with Crippen molar-refractivity contribution in [2.24, 2.45) is 0 Å². The quantitative estimate of drug-likeness (QED) is 0.845. The molecule has 1 atom stereocenters. The Labute approximate surface area is 113 Å². The minimum atomic E-state index is -2.07. The molecule has 0 saturated heterocycles. The van der Waals surface area contributed by atoms with E-state index in [4.69, 9.17) is 4.42 Å². The smallest absolute Gasteiger partial charge is 0.190 e. The van der Waals surface area contributed by atoms with Gasteiger partial charge >= 0.3 is 0 Å². The summed E-state index contributed by atoms with van der Waals surface area (Å²) >= 11 is -2.07. The maximum atomic E-state index is 11.4. The van der Waals surface area contributed by atoms with E-state index in [2.05, 4.69) is 10.3 Å². The Kier molecular flexibility index (Phi) is 3.52. The minimum Gasteiger partial charge on any atom is -0.460 e. The van der Waals surface area contributed by atoms with E-state index in [9.17, 15) is 8.76 Å². The van der Waals surface area contributed by atoms with Gasteiger partial charge in [0.2, 0.25) is 0 Å². The Hall–Kier alpha value is -1.40. The lowest BCUT2D eigenvalue weighted by atomic mass is 9.95. The summed E-state index contributed by atoms with van der Waals surface area (Å²) in [5.74, 6) is 0. The number of anilines is 1. The molecule has 6 heteroatoms. The fourth-order valence-electron chi connectivity index (χ4n) is 2.62. The molecule has 1 aliphatic carbocycles. The Balaban J connectivity index is 2.00. The Morgan fingerprint density at radius 2 is 2.16 bits per heavy atom. The molecule has 0 bridgehead atoms. The summed E-state index contributed by atoms with van der Waals surface area (Å²) in [6.07, 6.45) is 8.82. The SMILES string of the molecule is O=S(O)c1cnc2ccoc2c1NC1CCCCC1. The van der Waals surface area contributed by atoms with Gasteiger partial charge in [0.25, 0.3) is 0 Å². The summed E-state index contributed by atoms with van der Waals surface area (Å²) in [5, 5.41) is 3.37. The monoisotopic (exact) mass is 280 g/mol. The summed E-state index contributed by atoms with van der Waals surface area (Å²) in [4.78, 5) is 4.41. The van der Waals surface area contributed by atoms with Gasteiger partial charge in [-0.1, -0.05) is 19.3 Å². The molecule has 2 aromatic rings. The third-order valence-electron chi connectivity index (χ3n) is 3.58. The number of rotatable bonds is 3. The van der Waals surface area contributed by atoms with E-state index in [-0.39, 0.29) is 4.90 Å². The van der Waals surface area contributed by atoms with Crippen LogP contribution in [0.15, 0.2) is 27.8 Å². The zero-order chi connectivity index (χ0) is 13.2.